The van der Waals surface area contributed by atoms with Crippen LogP contribution in [0.25, 0.3) is 10.9 Å². The summed E-state index contributed by atoms with van der Waals surface area (Å²) in [6, 6.07) is 9.77. The first-order valence-electron chi connectivity index (χ1n) is 12.6. The first-order valence-corrected chi connectivity index (χ1v) is 13.9. The molecular formula is C28H33ClF2N2O3S. The van der Waals surface area contributed by atoms with Crippen LogP contribution in [0.1, 0.15) is 43.8 Å². The summed E-state index contributed by atoms with van der Waals surface area (Å²) in [7, 11) is 1.59. The lowest BCUT2D eigenvalue weighted by atomic mass is 9.74. The Morgan fingerprint density at radius 3 is 2.73 bits per heavy atom. The molecule has 0 spiro atoms. The molecule has 9 heteroatoms. The van der Waals surface area contributed by atoms with Gasteiger partial charge in [-0.3, -0.25) is 4.98 Å². The summed E-state index contributed by atoms with van der Waals surface area (Å²) in [5.74, 6) is -0.213. The van der Waals surface area contributed by atoms with Crippen molar-refractivity contribution in [1.82, 2.24) is 9.88 Å². The maximum atomic E-state index is 13.8. The van der Waals surface area contributed by atoms with Crippen molar-refractivity contribution >= 4 is 34.3 Å². The Morgan fingerprint density at radius 2 is 2.00 bits per heavy atom. The van der Waals surface area contributed by atoms with E-state index in [0.717, 1.165) is 55.9 Å². The lowest BCUT2D eigenvalue weighted by Gasteiger charge is -2.41. The Hall–Kier alpha value is -1.97. The van der Waals surface area contributed by atoms with Crippen LogP contribution in [0, 0.1) is 17.0 Å². The molecule has 0 amide bonds. The Balaban J connectivity index is 1.29. The highest BCUT2D eigenvalue weighted by Gasteiger charge is 2.34. The van der Waals surface area contributed by atoms with E-state index in [1.807, 2.05) is 18.2 Å². The van der Waals surface area contributed by atoms with Crippen molar-refractivity contribution in [3.63, 3.8) is 0 Å². The molecule has 1 aromatic heterocycles. The van der Waals surface area contributed by atoms with E-state index in [2.05, 4.69) is 9.88 Å². The molecule has 1 atom stereocenters. The summed E-state index contributed by atoms with van der Waals surface area (Å²) >= 11 is 7.79. The average molecular weight is 551 g/mol. The number of rotatable bonds is 11. The second kappa shape index (κ2) is 12.7. The number of aliphatic hydroxyl groups is 2. The summed E-state index contributed by atoms with van der Waals surface area (Å²) < 4.78 is 32.5. The molecule has 4 rings (SSSR count). The normalized spacial score (nSPS) is 16.7. The standard InChI is InChI=1S/C28H33ClF2N2O3S/c1-36-19-6-7-23-20(16-19)26(21(29)17-32-23)24(35)8-9-28(18-34)10-13-33(14-11-28)12-3-15-37-25-5-2-4-22(30)27(25)31/h2,4-7,16-17,24,34-35H,3,8-15,18H2,1H3/t24-/m0/s1. The smallest absolute Gasteiger partial charge is 0.172 e. The minimum Gasteiger partial charge on any atom is -0.497 e. The predicted molar refractivity (Wildman–Crippen MR) is 144 cm³/mol. The van der Waals surface area contributed by atoms with Gasteiger partial charge < -0.3 is 19.8 Å². The van der Waals surface area contributed by atoms with E-state index in [1.54, 1.807) is 19.4 Å². The Labute approximate surface area is 225 Å². The molecule has 0 bridgehead atoms. The highest BCUT2D eigenvalue weighted by Crippen LogP contribution is 2.40. The van der Waals surface area contributed by atoms with Gasteiger partial charge in [0.1, 0.15) is 5.75 Å². The number of fused-ring (bicyclic) bond motifs is 1. The Kier molecular flexibility index (Phi) is 9.64. The van der Waals surface area contributed by atoms with Gasteiger partial charge in [0.05, 0.1) is 23.8 Å². The lowest BCUT2D eigenvalue weighted by molar-refractivity contribution is 0.0238. The van der Waals surface area contributed by atoms with Gasteiger partial charge in [0, 0.05) is 28.6 Å². The molecule has 1 aliphatic rings. The van der Waals surface area contributed by atoms with Gasteiger partial charge in [0.2, 0.25) is 0 Å². The van der Waals surface area contributed by atoms with Gasteiger partial charge >= 0.3 is 0 Å². The number of aliphatic hydroxyl groups excluding tert-OH is 2. The maximum absolute atomic E-state index is 13.8. The molecule has 1 fully saturated rings. The van der Waals surface area contributed by atoms with E-state index in [1.165, 1.54) is 17.8 Å². The molecule has 2 N–H and O–H groups in total. The van der Waals surface area contributed by atoms with E-state index in [9.17, 15) is 19.0 Å². The van der Waals surface area contributed by atoms with Crippen LogP contribution < -0.4 is 4.74 Å². The molecule has 0 saturated carbocycles. The van der Waals surface area contributed by atoms with Crippen molar-refractivity contribution < 1.29 is 23.7 Å². The Morgan fingerprint density at radius 1 is 1.22 bits per heavy atom. The topological polar surface area (TPSA) is 65.8 Å². The SMILES string of the molecule is COc1ccc2ncc(Cl)c([C@@H](O)CCC3(CO)CCN(CCCSc4cccc(F)c4F)CC3)c2c1. The minimum absolute atomic E-state index is 0.0703. The molecule has 0 aliphatic carbocycles. The number of likely N-dealkylation sites (tertiary alicyclic amines) is 1. The minimum atomic E-state index is -0.814. The van der Waals surface area contributed by atoms with Gasteiger partial charge in [-0.05, 0) is 93.2 Å². The van der Waals surface area contributed by atoms with E-state index in [0.29, 0.717) is 39.8 Å². The van der Waals surface area contributed by atoms with Crippen LogP contribution >= 0.6 is 23.4 Å². The summed E-state index contributed by atoms with van der Waals surface area (Å²) in [6.45, 7) is 2.65. The number of piperidine rings is 1. The molecule has 0 radical (unpaired) electrons. The van der Waals surface area contributed by atoms with E-state index in [-0.39, 0.29) is 12.0 Å². The second-order valence-electron chi connectivity index (χ2n) is 9.71. The number of aromatic nitrogens is 1. The average Bonchev–Trinajstić information content (AvgIpc) is 2.92. The number of pyridine rings is 1. The molecule has 2 heterocycles. The monoisotopic (exact) mass is 550 g/mol. The molecule has 2 aromatic carbocycles. The third-order valence-electron chi connectivity index (χ3n) is 7.39. The molecule has 37 heavy (non-hydrogen) atoms. The number of hydrogen-bond donors (Lipinski definition) is 2. The molecule has 1 aliphatic heterocycles. The predicted octanol–water partition coefficient (Wildman–Crippen LogP) is 6.25. The zero-order valence-corrected chi connectivity index (χ0v) is 22.5. The number of nitrogens with zero attached hydrogens (tertiary/aromatic N) is 2. The fourth-order valence-electron chi connectivity index (χ4n) is 5.02. The zero-order chi connectivity index (χ0) is 26.4. The van der Waals surface area contributed by atoms with Crippen molar-refractivity contribution in [1.29, 1.82) is 0 Å². The van der Waals surface area contributed by atoms with Gasteiger partial charge in [-0.1, -0.05) is 17.7 Å². The van der Waals surface area contributed by atoms with Gasteiger partial charge in [-0.2, -0.15) is 0 Å². The van der Waals surface area contributed by atoms with Gasteiger partial charge in [-0.15, -0.1) is 11.8 Å². The fraction of sp³-hybridized carbons (Fsp3) is 0.464. The number of thioether (sulfide) groups is 1. The van der Waals surface area contributed by atoms with Crippen LogP contribution in [0.3, 0.4) is 0 Å². The fourth-order valence-corrected chi connectivity index (χ4v) is 6.19. The van der Waals surface area contributed by atoms with Crippen molar-refractivity contribution in [2.45, 2.75) is 43.1 Å². The zero-order valence-electron chi connectivity index (χ0n) is 20.9. The molecule has 3 aromatic rings. The highest BCUT2D eigenvalue weighted by molar-refractivity contribution is 7.99. The lowest BCUT2D eigenvalue weighted by Crippen LogP contribution is -2.42. The largest absolute Gasteiger partial charge is 0.497 e. The van der Waals surface area contributed by atoms with E-state index in [4.69, 9.17) is 16.3 Å². The van der Waals surface area contributed by atoms with Crippen LogP contribution in [0.5, 0.6) is 5.75 Å². The van der Waals surface area contributed by atoms with E-state index < -0.39 is 17.7 Å². The summed E-state index contributed by atoms with van der Waals surface area (Å²) in [5, 5.41) is 22.6. The number of benzene rings is 2. The van der Waals surface area contributed by atoms with Crippen LogP contribution in [-0.4, -0.2) is 59.2 Å². The molecule has 1 saturated heterocycles. The third kappa shape index (κ3) is 6.73. The number of methoxy groups -OCH3 is 1. The number of ether oxygens (including phenoxy) is 1. The second-order valence-corrected chi connectivity index (χ2v) is 11.3. The van der Waals surface area contributed by atoms with Crippen molar-refractivity contribution in [3.8, 4) is 5.75 Å². The maximum Gasteiger partial charge on any atom is 0.172 e. The number of halogens is 3. The summed E-state index contributed by atoms with van der Waals surface area (Å²) in [4.78, 5) is 7.06. The molecule has 200 valence electrons. The van der Waals surface area contributed by atoms with Gasteiger partial charge in [0.25, 0.3) is 0 Å². The Bertz CT molecular complexity index is 1210. The van der Waals surface area contributed by atoms with E-state index >= 15 is 0 Å². The van der Waals surface area contributed by atoms with Crippen molar-refractivity contribution in [3.05, 3.63) is 64.8 Å². The third-order valence-corrected chi connectivity index (χ3v) is 8.81. The van der Waals surface area contributed by atoms with Gasteiger partial charge in [-0.25, -0.2) is 8.78 Å². The van der Waals surface area contributed by atoms with Crippen LogP contribution in [-0.2, 0) is 0 Å². The van der Waals surface area contributed by atoms with Crippen LogP contribution in [0.15, 0.2) is 47.5 Å². The van der Waals surface area contributed by atoms with Crippen LogP contribution in [0.4, 0.5) is 8.78 Å². The molecule has 0 unspecified atom stereocenters. The summed E-state index contributed by atoms with van der Waals surface area (Å²) in [6.07, 6.45) is 4.47. The van der Waals surface area contributed by atoms with Gasteiger partial charge in [0.15, 0.2) is 11.6 Å². The first kappa shape index (κ1) is 28.0. The first-order chi connectivity index (χ1) is 17.9. The summed E-state index contributed by atoms with van der Waals surface area (Å²) in [5.41, 5.74) is 1.13. The van der Waals surface area contributed by atoms with Crippen LogP contribution in [0.2, 0.25) is 5.02 Å². The quantitative estimate of drug-likeness (QED) is 0.217. The number of hydrogen-bond acceptors (Lipinski definition) is 6. The highest BCUT2D eigenvalue weighted by atomic mass is 35.5. The van der Waals surface area contributed by atoms with Crippen molar-refractivity contribution in [2.75, 3.05) is 39.1 Å². The molecule has 5 nitrogen and oxygen atoms in total. The van der Waals surface area contributed by atoms with Crippen molar-refractivity contribution in [2.24, 2.45) is 5.41 Å². The molecular weight excluding hydrogens is 518 g/mol.